The fourth-order valence-corrected chi connectivity index (χ4v) is 3.38. The molecule has 0 atom stereocenters. The van der Waals surface area contributed by atoms with Crippen LogP contribution in [0.5, 0.6) is 5.88 Å². The van der Waals surface area contributed by atoms with Gasteiger partial charge in [-0.1, -0.05) is 6.07 Å². The van der Waals surface area contributed by atoms with Crippen LogP contribution >= 0.6 is 0 Å². The standard InChI is InChI=1S/C20H24N8O2/c1-15-23-18(27-9-3-2-4-10-27)13-19(24-15)30-11-8-21-20(29)16-6-5-7-17(12-16)28-14-22-25-26-28/h5-7,12-14H,2-4,8-11H2,1H3,(H,21,29). The monoisotopic (exact) mass is 408 g/mol. The lowest BCUT2D eigenvalue weighted by atomic mass is 10.1. The number of anilines is 1. The van der Waals surface area contributed by atoms with Crippen LogP contribution < -0.4 is 15.0 Å². The van der Waals surface area contributed by atoms with Crippen LogP contribution in [0.1, 0.15) is 35.4 Å². The van der Waals surface area contributed by atoms with E-state index in [0.717, 1.165) is 18.9 Å². The molecule has 3 aromatic rings. The molecule has 0 saturated carbocycles. The molecule has 0 bridgehead atoms. The number of piperidine rings is 1. The van der Waals surface area contributed by atoms with Crippen molar-refractivity contribution in [1.29, 1.82) is 0 Å². The van der Waals surface area contributed by atoms with E-state index in [-0.39, 0.29) is 5.91 Å². The Kier molecular flexibility index (Phi) is 6.11. The second-order valence-electron chi connectivity index (χ2n) is 7.07. The SMILES string of the molecule is Cc1nc(OCCNC(=O)c2cccc(-n3cnnn3)c2)cc(N2CCCCC2)n1. The molecule has 30 heavy (non-hydrogen) atoms. The summed E-state index contributed by atoms with van der Waals surface area (Å²) in [5, 5.41) is 13.9. The van der Waals surface area contributed by atoms with E-state index in [0.29, 0.717) is 36.1 Å². The van der Waals surface area contributed by atoms with E-state index in [4.69, 9.17) is 4.74 Å². The van der Waals surface area contributed by atoms with Crippen LogP contribution in [0.4, 0.5) is 5.82 Å². The number of aryl methyl sites for hydroxylation is 1. The molecule has 4 rings (SSSR count). The Morgan fingerprint density at radius 1 is 1.17 bits per heavy atom. The minimum Gasteiger partial charge on any atom is -0.476 e. The number of amides is 1. The predicted octanol–water partition coefficient (Wildman–Crippen LogP) is 1.56. The van der Waals surface area contributed by atoms with Crippen molar-refractivity contribution in [2.24, 2.45) is 0 Å². The maximum absolute atomic E-state index is 12.4. The van der Waals surface area contributed by atoms with Crippen molar-refractivity contribution in [2.75, 3.05) is 31.1 Å². The summed E-state index contributed by atoms with van der Waals surface area (Å²) < 4.78 is 7.26. The van der Waals surface area contributed by atoms with Gasteiger partial charge in [-0.15, -0.1) is 5.10 Å². The third-order valence-corrected chi connectivity index (χ3v) is 4.84. The summed E-state index contributed by atoms with van der Waals surface area (Å²) in [5.74, 6) is 1.91. The van der Waals surface area contributed by atoms with E-state index in [9.17, 15) is 4.79 Å². The maximum Gasteiger partial charge on any atom is 0.251 e. The van der Waals surface area contributed by atoms with Crippen molar-refractivity contribution in [1.82, 2.24) is 35.5 Å². The summed E-state index contributed by atoms with van der Waals surface area (Å²) in [6.07, 6.45) is 5.11. The Balaban J connectivity index is 1.30. The average Bonchev–Trinajstić information content (AvgIpc) is 3.32. The lowest BCUT2D eigenvalue weighted by molar-refractivity contribution is 0.0946. The fraction of sp³-hybridized carbons (Fsp3) is 0.400. The fourth-order valence-electron chi connectivity index (χ4n) is 3.38. The van der Waals surface area contributed by atoms with Crippen molar-refractivity contribution in [3.05, 3.63) is 48.0 Å². The number of nitrogens with one attached hydrogen (secondary N) is 1. The summed E-state index contributed by atoms with van der Waals surface area (Å²) in [6.45, 7) is 4.55. The van der Waals surface area contributed by atoms with Gasteiger partial charge in [0.25, 0.3) is 5.91 Å². The highest BCUT2D eigenvalue weighted by Gasteiger charge is 2.14. The Morgan fingerprint density at radius 2 is 2.03 bits per heavy atom. The third kappa shape index (κ3) is 4.88. The van der Waals surface area contributed by atoms with Crippen LogP contribution in [0.3, 0.4) is 0 Å². The normalized spacial score (nSPS) is 13.8. The molecule has 1 aromatic carbocycles. The molecule has 0 aliphatic carbocycles. The zero-order chi connectivity index (χ0) is 20.8. The van der Waals surface area contributed by atoms with Crippen molar-refractivity contribution < 1.29 is 9.53 Å². The van der Waals surface area contributed by atoms with Gasteiger partial charge in [0.15, 0.2) is 0 Å². The van der Waals surface area contributed by atoms with Gasteiger partial charge in [0.05, 0.1) is 12.2 Å². The Labute approximate surface area is 174 Å². The molecule has 1 fully saturated rings. The molecule has 0 spiro atoms. The maximum atomic E-state index is 12.4. The van der Waals surface area contributed by atoms with Gasteiger partial charge in [-0.2, -0.15) is 4.98 Å². The van der Waals surface area contributed by atoms with E-state index in [1.165, 1.54) is 30.3 Å². The van der Waals surface area contributed by atoms with Gasteiger partial charge in [-0.25, -0.2) is 9.67 Å². The number of carbonyl (C=O) groups is 1. The van der Waals surface area contributed by atoms with Crippen molar-refractivity contribution >= 4 is 11.7 Å². The van der Waals surface area contributed by atoms with Gasteiger partial charge in [-0.3, -0.25) is 4.79 Å². The quantitative estimate of drug-likeness (QED) is 0.587. The van der Waals surface area contributed by atoms with Crippen LogP contribution in [0, 0.1) is 6.92 Å². The van der Waals surface area contributed by atoms with Crippen LogP contribution in [0.15, 0.2) is 36.7 Å². The molecule has 10 nitrogen and oxygen atoms in total. The Morgan fingerprint density at radius 3 is 2.83 bits per heavy atom. The number of nitrogens with zero attached hydrogens (tertiary/aromatic N) is 7. The molecule has 1 aliphatic heterocycles. The minimum atomic E-state index is -0.193. The molecular weight excluding hydrogens is 384 g/mol. The van der Waals surface area contributed by atoms with E-state index >= 15 is 0 Å². The second-order valence-corrected chi connectivity index (χ2v) is 7.07. The summed E-state index contributed by atoms with van der Waals surface area (Å²) in [5.41, 5.74) is 1.24. The van der Waals surface area contributed by atoms with Crippen molar-refractivity contribution in [3.8, 4) is 11.6 Å². The number of benzene rings is 1. The van der Waals surface area contributed by atoms with Gasteiger partial charge >= 0.3 is 0 Å². The molecule has 1 amide bonds. The number of rotatable bonds is 7. The third-order valence-electron chi connectivity index (χ3n) is 4.84. The molecule has 3 heterocycles. The number of hydrogen-bond acceptors (Lipinski definition) is 8. The molecule has 1 aliphatic rings. The highest BCUT2D eigenvalue weighted by atomic mass is 16.5. The predicted molar refractivity (Wildman–Crippen MR) is 110 cm³/mol. The van der Waals surface area contributed by atoms with Crippen LogP contribution in [0.25, 0.3) is 5.69 Å². The summed E-state index contributed by atoms with van der Waals surface area (Å²) in [4.78, 5) is 23.6. The number of carbonyl (C=O) groups excluding carboxylic acids is 1. The van der Waals surface area contributed by atoms with Crippen molar-refractivity contribution in [2.45, 2.75) is 26.2 Å². The molecule has 1 N–H and O–H groups in total. The zero-order valence-corrected chi connectivity index (χ0v) is 16.9. The molecule has 2 aromatic heterocycles. The Hall–Kier alpha value is -3.56. The zero-order valence-electron chi connectivity index (χ0n) is 16.9. The summed E-state index contributed by atoms with van der Waals surface area (Å²) >= 11 is 0. The molecule has 0 radical (unpaired) electrons. The number of aromatic nitrogens is 6. The Bertz CT molecular complexity index is 986. The van der Waals surface area contributed by atoms with E-state index in [1.807, 2.05) is 19.1 Å². The van der Waals surface area contributed by atoms with Crippen LogP contribution in [-0.4, -0.2) is 62.3 Å². The minimum absolute atomic E-state index is 0.193. The smallest absolute Gasteiger partial charge is 0.251 e. The largest absolute Gasteiger partial charge is 0.476 e. The molecule has 10 heteroatoms. The summed E-state index contributed by atoms with van der Waals surface area (Å²) in [6, 6.07) is 8.95. The highest BCUT2D eigenvalue weighted by molar-refractivity contribution is 5.94. The first kappa shape index (κ1) is 19.7. The number of ether oxygens (including phenoxy) is 1. The van der Waals surface area contributed by atoms with Gasteiger partial charge < -0.3 is 15.0 Å². The lowest BCUT2D eigenvalue weighted by Gasteiger charge is -2.28. The van der Waals surface area contributed by atoms with Crippen molar-refractivity contribution in [3.63, 3.8) is 0 Å². The first-order chi connectivity index (χ1) is 14.7. The van der Waals surface area contributed by atoms with E-state index in [2.05, 4.69) is 35.7 Å². The number of tetrazole rings is 1. The first-order valence-corrected chi connectivity index (χ1v) is 10.0. The number of hydrogen-bond donors (Lipinski definition) is 1. The molecule has 0 unspecified atom stereocenters. The molecule has 1 saturated heterocycles. The molecular formula is C20H24N8O2. The van der Waals surface area contributed by atoms with Gasteiger partial charge in [0, 0.05) is 24.7 Å². The first-order valence-electron chi connectivity index (χ1n) is 10.0. The van der Waals surface area contributed by atoms with E-state index in [1.54, 1.807) is 18.2 Å². The topological polar surface area (TPSA) is 111 Å². The second kappa shape index (κ2) is 9.29. The molecule has 156 valence electrons. The van der Waals surface area contributed by atoms with Gasteiger partial charge in [0.1, 0.15) is 24.6 Å². The lowest BCUT2D eigenvalue weighted by Crippen LogP contribution is -2.30. The highest BCUT2D eigenvalue weighted by Crippen LogP contribution is 2.21. The summed E-state index contributed by atoms with van der Waals surface area (Å²) in [7, 11) is 0. The van der Waals surface area contributed by atoms with Gasteiger partial charge in [-0.05, 0) is 54.8 Å². The van der Waals surface area contributed by atoms with Crippen LogP contribution in [0.2, 0.25) is 0 Å². The van der Waals surface area contributed by atoms with E-state index < -0.39 is 0 Å². The van der Waals surface area contributed by atoms with Crippen LogP contribution in [-0.2, 0) is 0 Å². The average molecular weight is 408 g/mol. The van der Waals surface area contributed by atoms with Gasteiger partial charge in [0.2, 0.25) is 5.88 Å².